The van der Waals surface area contributed by atoms with Crippen LogP contribution in [0.4, 0.5) is 5.69 Å². The van der Waals surface area contributed by atoms with E-state index in [1.807, 2.05) is 38.1 Å². The summed E-state index contributed by atoms with van der Waals surface area (Å²) >= 11 is 0. The Bertz CT molecular complexity index is 435. The summed E-state index contributed by atoms with van der Waals surface area (Å²) in [5.41, 5.74) is 7.94. The lowest BCUT2D eigenvalue weighted by Gasteiger charge is -2.24. The number of anilines is 1. The number of carbonyl (C=O) groups is 1. The Hall–Kier alpha value is -1.35. The van der Waals surface area contributed by atoms with Crippen molar-refractivity contribution in [3.63, 3.8) is 0 Å². The topological polar surface area (TPSA) is 55.1 Å². The maximum atomic E-state index is 12.2. The van der Waals surface area contributed by atoms with Crippen LogP contribution in [-0.2, 0) is 10.2 Å². The van der Waals surface area contributed by atoms with Gasteiger partial charge in [0.2, 0.25) is 5.91 Å². The molecule has 0 saturated carbocycles. The molecule has 0 heterocycles. The van der Waals surface area contributed by atoms with E-state index in [0.29, 0.717) is 0 Å². The molecule has 3 heteroatoms. The van der Waals surface area contributed by atoms with Crippen molar-refractivity contribution in [1.82, 2.24) is 0 Å². The largest absolute Gasteiger partial charge is 0.324 e. The number of hydrogen-bond acceptors (Lipinski definition) is 2. The maximum absolute atomic E-state index is 12.2. The first kappa shape index (κ1) is 15.7. The molecule has 2 atom stereocenters. The Balaban J connectivity index is 2.92. The highest BCUT2D eigenvalue weighted by Crippen LogP contribution is 2.29. The molecule has 0 aromatic heterocycles. The fourth-order valence-corrected chi connectivity index (χ4v) is 1.97. The second kappa shape index (κ2) is 6.20. The van der Waals surface area contributed by atoms with Gasteiger partial charge < -0.3 is 11.1 Å². The number of benzene rings is 1. The van der Waals surface area contributed by atoms with Crippen molar-refractivity contribution in [3.8, 4) is 0 Å². The van der Waals surface area contributed by atoms with E-state index in [0.717, 1.165) is 17.7 Å². The monoisotopic (exact) mass is 262 g/mol. The minimum absolute atomic E-state index is 0.00958. The number of rotatable bonds is 4. The van der Waals surface area contributed by atoms with Gasteiger partial charge in [-0.25, -0.2) is 0 Å². The third-order valence-electron chi connectivity index (χ3n) is 3.55. The summed E-state index contributed by atoms with van der Waals surface area (Å²) < 4.78 is 0. The molecule has 1 rings (SSSR count). The van der Waals surface area contributed by atoms with Gasteiger partial charge in [0.25, 0.3) is 0 Å². The zero-order chi connectivity index (χ0) is 14.6. The molecule has 1 amide bonds. The SMILES string of the molecule is CCC(C)C(N)C(=O)Nc1ccccc1C(C)(C)C. The molecule has 1 aromatic carbocycles. The highest BCUT2D eigenvalue weighted by atomic mass is 16.2. The molecule has 2 unspecified atom stereocenters. The van der Waals surface area contributed by atoms with Crippen molar-refractivity contribution in [1.29, 1.82) is 0 Å². The highest BCUT2D eigenvalue weighted by molar-refractivity contribution is 5.95. The number of carbonyl (C=O) groups excluding carboxylic acids is 1. The van der Waals surface area contributed by atoms with E-state index in [9.17, 15) is 4.79 Å². The van der Waals surface area contributed by atoms with Gasteiger partial charge in [-0.3, -0.25) is 4.79 Å². The Labute approximate surface area is 116 Å². The number of nitrogens with two attached hydrogens (primary N) is 1. The maximum Gasteiger partial charge on any atom is 0.241 e. The van der Waals surface area contributed by atoms with Crippen LogP contribution in [-0.4, -0.2) is 11.9 Å². The van der Waals surface area contributed by atoms with Crippen molar-refractivity contribution in [3.05, 3.63) is 29.8 Å². The molecule has 0 aliphatic rings. The minimum Gasteiger partial charge on any atom is -0.324 e. The predicted octanol–water partition coefficient (Wildman–Crippen LogP) is 3.30. The summed E-state index contributed by atoms with van der Waals surface area (Å²) in [6.45, 7) is 10.4. The van der Waals surface area contributed by atoms with E-state index in [2.05, 4.69) is 26.1 Å². The van der Waals surface area contributed by atoms with Gasteiger partial charge in [0, 0.05) is 5.69 Å². The van der Waals surface area contributed by atoms with E-state index in [1.165, 1.54) is 0 Å². The Kier molecular flexibility index (Phi) is 5.12. The standard InChI is InChI=1S/C16H26N2O/c1-6-11(2)14(17)15(19)18-13-10-8-7-9-12(13)16(3,4)5/h7-11,14H,6,17H2,1-5H3,(H,18,19). The summed E-state index contributed by atoms with van der Waals surface area (Å²) in [5, 5.41) is 2.97. The van der Waals surface area contributed by atoms with Crippen LogP contribution in [0.25, 0.3) is 0 Å². The van der Waals surface area contributed by atoms with Crippen molar-refractivity contribution < 1.29 is 4.79 Å². The van der Waals surface area contributed by atoms with Crippen LogP contribution >= 0.6 is 0 Å². The summed E-state index contributed by atoms with van der Waals surface area (Å²) in [6, 6.07) is 7.44. The average Bonchev–Trinajstić information content (AvgIpc) is 2.36. The molecular weight excluding hydrogens is 236 g/mol. The van der Waals surface area contributed by atoms with Crippen LogP contribution < -0.4 is 11.1 Å². The van der Waals surface area contributed by atoms with Gasteiger partial charge in [0.1, 0.15) is 0 Å². The zero-order valence-corrected chi connectivity index (χ0v) is 12.7. The van der Waals surface area contributed by atoms with Crippen LogP contribution in [0.15, 0.2) is 24.3 Å². The molecule has 0 fully saturated rings. The van der Waals surface area contributed by atoms with Crippen molar-refractivity contribution in [2.24, 2.45) is 11.7 Å². The molecule has 0 aliphatic carbocycles. The number of para-hydroxylation sites is 1. The fourth-order valence-electron chi connectivity index (χ4n) is 1.97. The normalized spacial score (nSPS) is 14.8. The molecule has 106 valence electrons. The van der Waals surface area contributed by atoms with Crippen LogP contribution in [0.5, 0.6) is 0 Å². The second-order valence-electron chi connectivity index (χ2n) is 6.20. The van der Waals surface area contributed by atoms with E-state index < -0.39 is 6.04 Å². The third kappa shape index (κ3) is 4.06. The second-order valence-corrected chi connectivity index (χ2v) is 6.20. The van der Waals surface area contributed by atoms with Gasteiger partial charge in [-0.1, -0.05) is 59.2 Å². The third-order valence-corrected chi connectivity index (χ3v) is 3.55. The smallest absolute Gasteiger partial charge is 0.241 e. The molecule has 0 bridgehead atoms. The van der Waals surface area contributed by atoms with Crippen molar-refractivity contribution >= 4 is 11.6 Å². The van der Waals surface area contributed by atoms with Gasteiger partial charge in [0.15, 0.2) is 0 Å². The minimum atomic E-state index is -0.460. The van der Waals surface area contributed by atoms with Crippen molar-refractivity contribution in [2.45, 2.75) is 52.5 Å². The van der Waals surface area contributed by atoms with Crippen molar-refractivity contribution in [2.75, 3.05) is 5.32 Å². The Morgan fingerprint density at radius 1 is 1.32 bits per heavy atom. The molecule has 3 N–H and O–H groups in total. The van der Waals surface area contributed by atoms with E-state index >= 15 is 0 Å². The van der Waals surface area contributed by atoms with E-state index in [4.69, 9.17) is 5.73 Å². The first-order chi connectivity index (χ1) is 8.77. The van der Waals surface area contributed by atoms with E-state index in [1.54, 1.807) is 0 Å². The van der Waals surface area contributed by atoms with Crippen LogP contribution in [0.2, 0.25) is 0 Å². The first-order valence-corrected chi connectivity index (χ1v) is 6.93. The van der Waals surface area contributed by atoms with Crippen LogP contribution in [0.1, 0.15) is 46.6 Å². The lowest BCUT2D eigenvalue weighted by molar-refractivity contribution is -0.118. The van der Waals surface area contributed by atoms with Crippen LogP contribution in [0.3, 0.4) is 0 Å². The summed E-state index contributed by atoms with van der Waals surface area (Å²) in [4.78, 5) is 12.2. The predicted molar refractivity (Wildman–Crippen MR) is 81.2 cm³/mol. The van der Waals surface area contributed by atoms with Gasteiger partial charge in [0.05, 0.1) is 6.04 Å². The molecule has 0 spiro atoms. The quantitative estimate of drug-likeness (QED) is 0.874. The molecule has 0 aliphatic heterocycles. The lowest BCUT2D eigenvalue weighted by Crippen LogP contribution is -2.41. The zero-order valence-electron chi connectivity index (χ0n) is 12.7. The lowest BCUT2D eigenvalue weighted by atomic mass is 9.85. The van der Waals surface area contributed by atoms with Gasteiger partial charge >= 0.3 is 0 Å². The van der Waals surface area contributed by atoms with Gasteiger partial charge in [-0.05, 0) is 23.0 Å². The number of amides is 1. The summed E-state index contributed by atoms with van der Waals surface area (Å²) in [7, 11) is 0. The van der Waals surface area contributed by atoms with E-state index in [-0.39, 0.29) is 17.2 Å². The Morgan fingerprint density at radius 3 is 2.42 bits per heavy atom. The number of nitrogens with one attached hydrogen (secondary N) is 1. The molecule has 19 heavy (non-hydrogen) atoms. The molecule has 1 aromatic rings. The Morgan fingerprint density at radius 2 is 1.89 bits per heavy atom. The molecule has 0 saturated heterocycles. The molecule has 3 nitrogen and oxygen atoms in total. The first-order valence-electron chi connectivity index (χ1n) is 6.93. The summed E-state index contributed by atoms with van der Waals surface area (Å²) in [6.07, 6.45) is 0.898. The average molecular weight is 262 g/mol. The fraction of sp³-hybridized carbons (Fsp3) is 0.562. The molecular formula is C16H26N2O. The highest BCUT2D eigenvalue weighted by Gasteiger charge is 2.22. The summed E-state index contributed by atoms with van der Waals surface area (Å²) in [5.74, 6) is 0.0767. The van der Waals surface area contributed by atoms with Gasteiger partial charge in [-0.15, -0.1) is 0 Å². The van der Waals surface area contributed by atoms with Crippen LogP contribution in [0, 0.1) is 5.92 Å². The number of hydrogen-bond donors (Lipinski definition) is 2. The molecule has 0 radical (unpaired) electrons. The van der Waals surface area contributed by atoms with Gasteiger partial charge in [-0.2, -0.15) is 0 Å².